The number of aromatic nitrogens is 2. The van der Waals surface area contributed by atoms with Crippen LogP contribution in [0, 0.1) is 12.8 Å². The van der Waals surface area contributed by atoms with E-state index in [4.69, 9.17) is 4.52 Å². The topological polar surface area (TPSA) is 68.0 Å². The quantitative estimate of drug-likeness (QED) is 0.898. The number of nitrogens with zero attached hydrogens (tertiary/aromatic N) is 2. The predicted molar refractivity (Wildman–Crippen MR) is 66.2 cm³/mol. The van der Waals surface area contributed by atoms with Crippen LogP contribution in [0.3, 0.4) is 0 Å². The Morgan fingerprint density at radius 1 is 1.56 bits per heavy atom. The van der Waals surface area contributed by atoms with Gasteiger partial charge in [0, 0.05) is 12.2 Å². The van der Waals surface area contributed by atoms with Crippen molar-refractivity contribution in [2.24, 2.45) is 5.92 Å². The molecule has 2 aromatic heterocycles. The third-order valence-corrected chi connectivity index (χ3v) is 3.46. The Morgan fingerprint density at radius 2 is 2.33 bits per heavy atom. The Balaban J connectivity index is 1.84. The number of hydrogen-bond acceptors (Lipinski definition) is 4. The maximum absolute atomic E-state index is 12.1. The molecule has 1 saturated carbocycles. The number of fused-ring (bicyclic) bond motifs is 1. The molecule has 1 N–H and O–H groups in total. The van der Waals surface area contributed by atoms with E-state index in [9.17, 15) is 4.79 Å². The molecule has 3 rings (SSSR count). The van der Waals surface area contributed by atoms with Crippen molar-refractivity contribution in [1.29, 1.82) is 0 Å². The van der Waals surface area contributed by atoms with E-state index < -0.39 is 0 Å². The molecule has 94 valence electrons. The second-order valence-electron chi connectivity index (χ2n) is 4.94. The molecule has 0 radical (unpaired) electrons. The van der Waals surface area contributed by atoms with E-state index in [0.717, 1.165) is 11.1 Å². The Labute approximate surface area is 105 Å². The highest BCUT2D eigenvalue weighted by molar-refractivity contribution is 5.97. The van der Waals surface area contributed by atoms with Crippen molar-refractivity contribution in [3.05, 3.63) is 23.5 Å². The van der Waals surface area contributed by atoms with Crippen LogP contribution in [-0.2, 0) is 0 Å². The minimum absolute atomic E-state index is 0.0793. The first kappa shape index (κ1) is 11.2. The normalized spacial score (nSPS) is 16.8. The van der Waals surface area contributed by atoms with E-state index in [1.54, 1.807) is 6.07 Å². The Kier molecular flexibility index (Phi) is 2.54. The summed E-state index contributed by atoms with van der Waals surface area (Å²) < 4.78 is 5.02. The molecule has 2 aromatic rings. The Hall–Kier alpha value is -1.91. The molecule has 1 fully saturated rings. The summed E-state index contributed by atoms with van der Waals surface area (Å²) in [5.41, 5.74) is 1.78. The molecule has 1 unspecified atom stereocenters. The van der Waals surface area contributed by atoms with Crippen LogP contribution in [0.2, 0.25) is 0 Å². The average molecular weight is 245 g/mol. The third kappa shape index (κ3) is 1.96. The number of carbonyl (C=O) groups is 1. The Bertz CT molecular complexity index is 601. The van der Waals surface area contributed by atoms with Crippen molar-refractivity contribution in [3.8, 4) is 0 Å². The van der Waals surface area contributed by atoms with Gasteiger partial charge in [0.05, 0.1) is 16.6 Å². The number of nitrogens with one attached hydrogen (secondary N) is 1. The summed E-state index contributed by atoms with van der Waals surface area (Å²) >= 11 is 0. The van der Waals surface area contributed by atoms with Crippen LogP contribution in [0.1, 0.15) is 35.8 Å². The number of pyridine rings is 1. The van der Waals surface area contributed by atoms with Crippen molar-refractivity contribution >= 4 is 17.0 Å². The van der Waals surface area contributed by atoms with Gasteiger partial charge in [-0.15, -0.1) is 0 Å². The summed E-state index contributed by atoms with van der Waals surface area (Å²) in [4.78, 5) is 16.2. The van der Waals surface area contributed by atoms with Crippen LogP contribution in [0.25, 0.3) is 11.1 Å². The highest BCUT2D eigenvalue weighted by Crippen LogP contribution is 2.32. The number of aryl methyl sites for hydroxylation is 1. The van der Waals surface area contributed by atoms with Gasteiger partial charge in [0.25, 0.3) is 11.6 Å². The molecular weight excluding hydrogens is 230 g/mol. The predicted octanol–water partition coefficient (Wildman–Crippen LogP) is 2.06. The van der Waals surface area contributed by atoms with E-state index in [0.29, 0.717) is 17.2 Å². The van der Waals surface area contributed by atoms with Crippen LogP contribution < -0.4 is 5.32 Å². The number of carbonyl (C=O) groups excluding carboxylic acids is 1. The zero-order valence-corrected chi connectivity index (χ0v) is 10.4. The molecule has 0 aliphatic heterocycles. The van der Waals surface area contributed by atoms with Gasteiger partial charge in [-0.05, 0) is 38.7 Å². The van der Waals surface area contributed by atoms with Gasteiger partial charge in [-0.25, -0.2) is 4.98 Å². The molecule has 1 atom stereocenters. The maximum atomic E-state index is 12.1. The van der Waals surface area contributed by atoms with Crippen LogP contribution in [-0.4, -0.2) is 22.1 Å². The summed E-state index contributed by atoms with van der Waals surface area (Å²) in [6, 6.07) is 2.01. The molecule has 0 bridgehead atoms. The molecule has 18 heavy (non-hydrogen) atoms. The standard InChI is InChI=1S/C13H15N3O2/c1-7(9-3-4-9)15-12(17)10-5-11-8(2)16-18-13(11)14-6-10/h5-7,9H,3-4H2,1-2H3,(H,15,17). The van der Waals surface area contributed by atoms with Gasteiger partial charge in [-0.2, -0.15) is 0 Å². The fraction of sp³-hybridized carbons (Fsp3) is 0.462. The minimum Gasteiger partial charge on any atom is -0.349 e. The van der Waals surface area contributed by atoms with E-state index in [2.05, 4.69) is 15.5 Å². The molecule has 5 nitrogen and oxygen atoms in total. The van der Waals surface area contributed by atoms with Gasteiger partial charge in [0.15, 0.2) is 0 Å². The monoisotopic (exact) mass is 245 g/mol. The first-order chi connectivity index (χ1) is 8.65. The van der Waals surface area contributed by atoms with E-state index in [1.165, 1.54) is 19.0 Å². The lowest BCUT2D eigenvalue weighted by atomic mass is 10.1. The molecule has 0 spiro atoms. The zero-order valence-electron chi connectivity index (χ0n) is 10.4. The average Bonchev–Trinajstić information content (AvgIpc) is 3.15. The zero-order chi connectivity index (χ0) is 12.7. The summed E-state index contributed by atoms with van der Waals surface area (Å²) in [5, 5.41) is 7.62. The lowest BCUT2D eigenvalue weighted by Gasteiger charge is -2.12. The Morgan fingerprint density at radius 3 is 3.06 bits per heavy atom. The molecule has 0 saturated heterocycles. The van der Waals surface area contributed by atoms with Gasteiger partial charge in [0.2, 0.25) is 0 Å². The summed E-state index contributed by atoms with van der Waals surface area (Å²) in [5.74, 6) is 0.562. The number of amides is 1. The van der Waals surface area contributed by atoms with Crippen LogP contribution >= 0.6 is 0 Å². The van der Waals surface area contributed by atoms with E-state index >= 15 is 0 Å². The summed E-state index contributed by atoms with van der Waals surface area (Å²) in [6.45, 7) is 3.88. The van der Waals surface area contributed by atoms with E-state index in [-0.39, 0.29) is 11.9 Å². The van der Waals surface area contributed by atoms with Gasteiger partial charge in [-0.3, -0.25) is 4.79 Å². The third-order valence-electron chi connectivity index (χ3n) is 3.46. The molecule has 1 aliphatic rings. The minimum atomic E-state index is -0.0793. The lowest BCUT2D eigenvalue weighted by Crippen LogP contribution is -2.34. The lowest BCUT2D eigenvalue weighted by molar-refractivity contribution is 0.0935. The van der Waals surface area contributed by atoms with Crippen molar-refractivity contribution in [1.82, 2.24) is 15.5 Å². The molecule has 1 amide bonds. The number of rotatable bonds is 3. The highest BCUT2D eigenvalue weighted by atomic mass is 16.5. The molecule has 0 aromatic carbocycles. The molecule has 1 aliphatic carbocycles. The maximum Gasteiger partial charge on any atom is 0.257 e. The first-order valence-electron chi connectivity index (χ1n) is 6.18. The van der Waals surface area contributed by atoms with Gasteiger partial charge in [0.1, 0.15) is 0 Å². The van der Waals surface area contributed by atoms with Gasteiger partial charge in [-0.1, -0.05) is 5.16 Å². The first-order valence-corrected chi connectivity index (χ1v) is 6.18. The summed E-state index contributed by atoms with van der Waals surface area (Å²) in [7, 11) is 0. The highest BCUT2D eigenvalue weighted by Gasteiger charge is 2.29. The molecular formula is C13H15N3O2. The summed E-state index contributed by atoms with van der Waals surface area (Å²) in [6.07, 6.45) is 3.95. The van der Waals surface area contributed by atoms with Crippen molar-refractivity contribution in [2.45, 2.75) is 32.7 Å². The van der Waals surface area contributed by atoms with Gasteiger partial charge >= 0.3 is 0 Å². The largest absolute Gasteiger partial charge is 0.349 e. The molecule has 2 heterocycles. The smallest absolute Gasteiger partial charge is 0.257 e. The van der Waals surface area contributed by atoms with Crippen molar-refractivity contribution in [2.75, 3.05) is 0 Å². The van der Waals surface area contributed by atoms with E-state index in [1.807, 2.05) is 13.8 Å². The fourth-order valence-electron chi connectivity index (χ4n) is 2.07. The van der Waals surface area contributed by atoms with Crippen LogP contribution in [0.15, 0.2) is 16.8 Å². The molecule has 5 heteroatoms. The second kappa shape index (κ2) is 4.08. The number of hydrogen-bond donors (Lipinski definition) is 1. The second-order valence-corrected chi connectivity index (χ2v) is 4.94. The van der Waals surface area contributed by atoms with Crippen LogP contribution in [0.5, 0.6) is 0 Å². The SMILES string of the molecule is Cc1noc2ncc(C(=O)NC(C)C3CC3)cc12. The van der Waals surface area contributed by atoms with Crippen LogP contribution in [0.4, 0.5) is 0 Å². The van der Waals surface area contributed by atoms with Crippen molar-refractivity contribution in [3.63, 3.8) is 0 Å². The fourth-order valence-corrected chi connectivity index (χ4v) is 2.07. The van der Waals surface area contributed by atoms with Gasteiger partial charge < -0.3 is 9.84 Å². The van der Waals surface area contributed by atoms with Crippen molar-refractivity contribution < 1.29 is 9.32 Å².